The molecule has 0 saturated carbocycles. The highest BCUT2D eigenvalue weighted by Crippen LogP contribution is 2.27. The molecule has 1 heterocycles. The van der Waals surface area contributed by atoms with E-state index in [2.05, 4.69) is 28.5 Å². The maximum Gasteiger partial charge on any atom is 0.124 e. The van der Waals surface area contributed by atoms with Crippen molar-refractivity contribution in [1.29, 1.82) is 0 Å². The van der Waals surface area contributed by atoms with E-state index < -0.39 is 0 Å². The fourth-order valence-corrected chi connectivity index (χ4v) is 2.34. The molecule has 0 aliphatic carbocycles. The highest BCUT2D eigenvalue weighted by molar-refractivity contribution is 7.80. The Bertz CT molecular complexity index is 778. The number of pyridine rings is 1. The van der Waals surface area contributed by atoms with Crippen LogP contribution in [0.1, 0.15) is 5.69 Å². The summed E-state index contributed by atoms with van der Waals surface area (Å²) >= 11 is 5.04. The van der Waals surface area contributed by atoms with E-state index in [9.17, 15) is 0 Å². The normalized spacial score (nSPS) is 10.4. The van der Waals surface area contributed by atoms with E-state index in [4.69, 9.17) is 18.0 Å². The van der Waals surface area contributed by atoms with E-state index in [0.717, 1.165) is 16.8 Å². The molecule has 20 heavy (non-hydrogen) atoms. The summed E-state index contributed by atoms with van der Waals surface area (Å²) < 4.78 is 0. The number of benzene rings is 2. The van der Waals surface area contributed by atoms with E-state index in [0.29, 0.717) is 5.69 Å². The highest BCUT2D eigenvalue weighted by Gasteiger charge is 2.07. The van der Waals surface area contributed by atoms with E-state index >= 15 is 0 Å². The first kappa shape index (κ1) is 12.6. The van der Waals surface area contributed by atoms with Crippen LogP contribution >= 0.6 is 12.2 Å². The SMILES string of the molecule is NC(=S)c1ncccc1Nc1cccc2ccccc12. The Hall–Kier alpha value is -2.46. The lowest BCUT2D eigenvalue weighted by Crippen LogP contribution is -2.13. The molecular weight excluding hydrogens is 266 g/mol. The van der Waals surface area contributed by atoms with Gasteiger partial charge < -0.3 is 11.1 Å². The summed E-state index contributed by atoms with van der Waals surface area (Å²) in [4.78, 5) is 4.51. The lowest BCUT2D eigenvalue weighted by atomic mass is 10.1. The van der Waals surface area contributed by atoms with Crippen molar-refractivity contribution in [3.63, 3.8) is 0 Å². The summed E-state index contributed by atoms with van der Waals surface area (Å²) in [5.41, 5.74) is 8.14. The topological polar surface area (TPSA) is 50.9 Å². The smallest absolute Gasteiger partial charge is 0.124 e. The molecule has 0 amide bonds. The van der Waals surface area contributed by atoms with Gasteiger partial charge in [0.25, 0.3) is 0 Å². The van der Waals surface area contributed by atoms with E-state index in [-0.39, 0.29) is 4.99 Å². The molecule has 98 valence electrons. The lowest BCUT2D eigenvalue weighted by Gasteiger charge is -2.12. The molecule has 2 aromatic carbocycles. The lowest BCUT2D eigenvalue weighted by molar-refractivity contribution is 1.29. The van der Waals surface area contributed by atoms with Gasteiger partial charge in [0, 0.05) is 17.3 Å². The first-order valence-corrected chi connectivity index (χ1v) is 6.66. The zero-order valence-corrected chi connectivity index (χ0v) is 11.5. The minimum Gasteiger partial charge on any atom is -0.388 e. The molecule has 0 bridgehead atoms. The monoisotopic (exact) mass is 279 g/mol. The van der Waals surface area contributed by atoms with Crippen molar-refractivity contribution in [1.82, 2.24) is 4.98 Å². The minimum atomic E-state index is 0.285. The zero-order valence-electron chi connectivity index (χ0n) is 10.7. The van der Waals surface area contributed by atoms with Crippen molar-refractivity contribution in [2.75, 3.05) is 5.32 Å². The molecular formula is C16H13N3S. The summed E-state index contributed by atoms with van der Waals surface area (Å²) in [5.74, 6) is 0. The van der Waals surface area contributed by atoms with Crippen LogP contribution in [0, 0.1) is 0 Å². The number of nitrogens with zero attached hydrogens (tertiary/aromatic N) is 1. The van der Waals surface area contributed by atoms with E-state index in [1.807, 2.05) is 36.4 Å². The molecule has 1 aromatic heterocycles. The third kappa shape index (κ3) is 2.33. The maximum absolute atomic E-state index is 5.71. The third-order valence-electron chi connectivity index (χ3n) is 3.10. The van der Waals surface area contributed by atoms with Crippen LogP contribution in [-0.2, 0) is 0 Å². The summed E-state index contributed by atoms with van der Waals surface area (Å²) in [7, 11) is 0. The fourth-order valence-electron chi connectivity index (χ4n) is 2.18. The van der Waals surface area contributed by atoms with Crippen molar-refractivity contribution in [3.05, 3.63) is 66.5 Å². The molecule has 4 heteroatoms. The van der Waals surface area contributed by atoms with Crippen LogP contribution in [0.15, 0.2) is 60.8 Å². The van der Waals surface area contributed by atoms with E-state index in [1.54, 1.807) is 6.20 Å². The second kappa shape index (κ2) is 5.27. The largest absolute Gasteiger partial charge is 0.388 e. The molecule has 3 aromatic rings. The van der Waals surface area contributed by atoms with Gasteiger partial charge in [-0.15, -0.1) is 0 Å². The number of rotatable bonds is 3. The first-order chi connectivity index (χ1) is 9.75. The molecule has 3 nitrogen and oxygen atoms in total. The number of thiocarbonyl (C=S) groups is 1. The number of aromatic nitrogens is 1. The van der Waals surface area contributed by atoms with Gasteiger partial charge in [0.2, 0.25) is 0 Å². The van der Waals surface area contributed by atoms with Gasteiger partial charge in [-0.25, -0.2) is 0 Å². The Balaban J connectivity index is 2.08. The summed E-state index contributed by atoms with van der Waals surface area (Å²) in [5, 5.41) is 5.69. The van der Waals surface area contributed by atoms with Gasteiger partial charge in [0.05, 0.1) is 5.69 Å². The molecule has 0 radical (unpaired) electrons. The Morgan fingerprint density at radius 3 is 2.55 bits per heavy atom. The van der Waals surface area contributed by atoms with Crippen molar-refractivity contribution in [2.45, 2.75) is 0 Å². The number of nitrogens with two attached hydrogens (primary N) is 1. The highest BCUT2D eigenvalue weighted by atomic mass is 32.1. The molecule has 3 rings (SSSR count). The van der Waals surface area contributed by atoms with Gasteiger partial charge >= 0.3 is 0 Å². The predicted molar refractivity (Wildman–Crippen MR) is 87.4 cm³/mol. The van der Waals surface area contributed by atoms with Gasteiger partial charge in [-0.3, -0.25) is 4.98 Å². The van der Waals surface area contributed by atoms with Crippen molar-refractivity contribution < 1.29 is 0 Å². The van der Waals surface area contributed by atoms with Gasteiger partial charge in [0.15, 0.2) is 0 Å². The van der Waals surface area contributed by atoms with Crippen molar-refractivity contribution >= 4 is 39.4 Å². The number of hydrogen-bond acceptors (Lipinski definition) is 3. The Morgan fingerprint density at radius 2 is 1.70 bits per heavy atom. The van der Waals surface area contributed by atoms with Crippen LogP contribution in [0.2, 0.25) is 0 Å². The van der Waals surface area contributed by atoms with Gasteiger partial charge in [-0.1, -0.05) is 48.6 Å². The predicted octanol–water partition coefficient (Wildman–Crippen LogP) is 3.61. The van der Waals surface area contributed by atoms with Crippen LogP contribution in [-0.4, -0.2) is 9.97 Å². The zero-order chi connectivity index (χ0) is 13.9. The molecule has 0 saturated heterocycles. The summed E-state index contributed by atoms with van der Waals surface area (Å²) in [6.07, 6.45) is 1.68. The summed E-state index contributed by atoms with van der Waals surface area (Å²) in [6, 6.07) is 18.1. The van der Waals surface area contributed by atoms with Gasteiger partial charge in [0.1, 0.15) is 10.7 Å². The van der Waals surface area contributed by atoms with Crippen LogP contribution in [0.5, 0.6) is 0 Å². The Labute approximate surface area is 122 Å². The second-order valence-corrected chi connectivity index (χ2v) is 4.86. The van der Waals surface area contributed by atoms with Crippen molar-refractivity contribution in [3.8, 4) is 0 Å². The number of nitrogens with one attached hydrogen (secondary N) is 1. The third-order valence-corrected chi connectivity index (χ3v) is 3.29. The second-order valence-electron chi connectivity index (χ2n) is 4.42. The fraction of sp³-hybridized carbons (Fsp3) is 0. The summed E-state index contributed by atoms with van der Waals surface area (Å²) in [6.45, 7) is 0. The Morgan fingerprint density at radius 1 is 0.950 bits per heavy atom. The average molecular weight is 279 g/mol. The van der Waals surface area contributed by atoms with Crippen LogP contribution in [0.3, 0.4) is 0 Å². The number of hydrogen-bond donors (Lipinski definition) is 2. The molecule has 3 N–H and O–H groups in total. The molecule has 0 unspecified atom stereocenters. The van der Waals surface area contributed by atoms with Crippen molar-refractivity contribution in [2.24, 2.45) is 5.73 Å². The minimum absolute atomic E-state index is 0.285. The molecule has 0 atom stereocenters. The van der Waals surface area contributed by atoms with Gasteiger partial charge in [-0.05, 0) is 23.6 Å². The van der Waals surface area contributed by atoms with Crippen LogP contribution in [0.25, 0.3) is 10.8 Å². The quantitative estimate of drug-likeness (QED) is 0.719. The number of fused-ring (bicyclic) bond motifs is 1. The molecule has 0 spiro atoms. The van der Waals surface area contributed by atoms with Crippen LogP contribution in [0.4, 0.5) is 11.4 Å². The molecule has 0 fully saturated rings. The van der Waals surface area contributed by atoms with Gasteiger partial charge in [-0.2, -0.15) is 0 Å². The van der Waals surface area contributed by atoms with E-state index in [1.165, 1.54) is 5.39 Å². The standard InChI is InChI=1S/C16H13N3S/c17-16(20)15-14(9-4-10-18-15)19-13-8-3-6-11-5-1-2-7-12(11)13/h1-10,19H,(H2,17,20). The number of anilines is 2. The Kier molecular flexibility index (Phi) is 3.31. The average Bonchev–Trinajstić information content (AvgIpc) is 2.48. The maximum atomic E-state index is 5.71. The first-order valence-electron chi connectivity index (χ1n) is 6.25. The molecule has 0 aliphatic heterocycles. The molecule has 0 aliphatic rings. The van der Waals surface area contributed by atoms with Crippen LogP contribution < -0.4 is 11.1 Å².